The third-order valence-corrected chi connectivity index (χ3v) is 6.96. The third kappa shape index (κ3) is 8.11. The first-order chi connectivity index (χ1) is 19.2. The smallest absolute Gasteiger partial charge is 0.322 e. The molecule has 0 unspecified atom stereocenters. The highest BCUT2D eigenvalue weighted by Crippen LogP contribution is 2.25. The van der Waals surface area contributed by atoms with Crippen LogP contribution in [-0.2, 0) is 23.9 Å². The molecule has 1 aromatic heterocycles. The number of ether oxygens (including phenoxy) is 1. The Kier molecular flexibility index (Phi) is 10.2. The highest BCUT2D eigenvalue weighted by Gasteiger charge is 2.36. The van der Waals surface area contributed by atoms with Crippen molar-refractivity contribution in [2.75, 3.05) is 6.54 Å². The second-order valence-corrected chi connectivity index (χ2v) is 11.4. The maximum atomic E-state index is 13.2. The number of aliphatic carboxylic acids is 1. The van der Waals surface area contributed by atoms with E-state index in [2.05, 4.69) is 15.7 Å². The molecule has 4 N–H and O–H groups in total. The van der Waals surface area contributed by atoms with Crippen LogP contribution in [0.4, 0.5) is 0 Å². The molecule has 0 bridgehead atoms. The van der Waals surface area contributed by atoms with Crippen LogP contribution < -0.4 is 10.7 Å². The van der Waals surface area contributed by atoms with Crippen molar-refractivity contribution < 1.29 is 34.1 Å². The van der Waals surface area contributed by atoms with Crippen molar-refractivity contribution in [2.24, 2.45) is 11.3 Å². The number of hydrazine groups is 1. The van der Waals surface area contributed by atoms with Gasteiger partial charge in [-0.25, -0.2) is 5.43 Å². The Balaban J connectivity index is 1.66. The van der Waals surface area contributed by atoms with E-state index in [1.165, 1.54) is 11.9 Å². The second-order valence-electron chi connectivity index (χ2n) is 11.4. The Morgan fingerprint density at radius 3 is 2.46 bits per heavy atom. The Bertz CT molecular complexity index is 1320. The van der Waals surface area contributed by atoms with Crippen molar-refractivity contribution in [1.29, 1.82) is 0 Å². The number of carbonyl (C=O) groups excluding carboxylic acids is 3. The van der Waals surface area contributed by atoms with E-state index in [1.807, 2.05) is 24.3 Å². The van der Waals surface area contributed by atoms with Crippen molar-refractivity contribution in [3.05, 3.63) is 47.7 Å². The summed E-state index contributed by atoms with van der Waals surface area (Å²) in [6.45, 7) is 10.3. The van der Waals surface area contributed by atoms with Crippen LogP contribution >= 0.6 is 0 Å². The lowest BCUT2D eigenvalue weighted by Gasteiger charge is -2.34. The van der Waals surface area contributed by atoms with Crippen molar-refractivity contribution in [3.8, 4) is 0 Å². The molecule has 0 spiro atoms. The number of nitrogens with one attached hydrogen (secondary N) is 2. The molecule has 1 fully saturated rings. The van der Waals surface area contributed by atoms with Gasteiger partial charge in [0, 0.05) is 11.9 Å². The molecule has 2 aromatic rings. The van der Waals surface area contributed by atoms with E-state index in [4.69, 9.17) is 4.74 Å². The molecule has 11 heteroatoms. The Morgan fingerprint density at radius 1 is 1.15 bits per heavy atom. The van der Waals surface area contributed by atoms with E-state index in [-0.39, 0.29) is 5.92 Å². The lowest BCUT2D eigenvalue weighted by Crippen LogP contribution is -2.60. The molecular weight excluding hydrogens is 528 g/mol. The molecule has 2 heterocycles. The fourth-order valence-electron chi connectivity index (χ4n) is 4.33. The summed E-state index contributed by atoms with van der Waals surface area (Å²) in [5, 5.41) is 23.8. The van der Waals surface area contributed by atoms with E-state index in [0.717, 1.165) is 10.9 Å². The maximum absolute atomic E-state index is 13.2. The van der Waals surface area contributed by atoms with Gasteiger partial charge in [-0.2, -0.15) is 0 Å². The Hall–Kier alpha value is -3.83. The van der Waals surface area contributed by atoms with Crippen molar-refractivity contribution in [3.63, 3.8) is 0 Å². The van der Waals surface area contributed by atoms with Crippen LogP contribution in [0.5, 0.6) is 0 Å². The number of benzene rings is 1. The predicted octanol–water partition coefficient (Wildman–Crippen LogP) is 2.98. The number of rotatable bonds is 10. The molecule has 1 aromatic carbocycles. The molecule has 1 saturated heterocycles. The minimum Gasteiger partial charge on any atom is -0.480 e. The van der Waals surface area contributed by atoms with E-state index >= 15 is 0 Å². The molecule has 3 rings (SSSR count). The van der Waals surface area contributed by atoms with Gasteiger partial charge in [-0.15, -0.1) is 0 Å². The van der Waals surface area contributed by atoms with Crippen LogP contribution in [0.25, 0.3) is 17.0 Å². The lowest BCUT2D eigenvalue weighted by molar-refractivity contribution is -0.165. The van der Waals surface area contributed by atoms with Crippen molar-refractivity contribution >= 4 is 40.7 Å². The Morgan fingerprint density at radius 2 is 1.83 bits per heavy atom. The average molecular weight is 569 g/mol. The molecule has 0 saturated carbocycles. The summed E-state index contributed by atoms with van der Waals surface area (Å²) < 4.78 is 5.65. The number of nitrogens with zero attached hydrogens (tertiary/aromatic N) is 2. The molecule has 1 aliphatic rings. The zero-order valence-corrected chi connectivity index (χ0v) is 24.4. The number of aromatic nitrogens is 1. The third-order valence-electron chi connectivity index (χ3n) is 6.96. The summed E-state index contributed by atoms with van der Waals surface area (Å²) in [7, 11) is 0. The molecular formula is C30H40N4O7. The fraction of sp³-hybridized carbons (Fsp3) is 0.500. The molecule has 1 aliphatic heterocycles. The number of aliphatic hydroxyl groups excluding tert-OH is 1. The number of aliphatic hydroxyl groups is 1. The largest absolute Gasteiger partial charge is 0.480 e. The summed E-state index contributed by atoms with van der Waals surface area (Å²) in [6, 6.07) is 7.48. The summed E-state index contributed by atoms with van der Waals surface area (Å²) in [5.74, 6) is -3.13. The number of fused-ring (bicyclic) bond motifs is 1. The summed E-state index contributed by atoms with van der Waals surface area (Å²) in [6.07, 6.45) is 2.55. The van der Waals surface area contributed by atoms with Crippen molar-refractivity contribution in [2.45, 2.75) is 78.7 Å². The van der Waals surface area contributed by atoms with Gasteiger partial charge in [0.05, 0.1) is 22.7 Å². The van der Waals surface area contributed by atoms with Crippen LogP contribution in [0.15, 0.2) is 36.4 Å². The number of carboxylic acid groups (broad SMARTS) is 1. The van der Waals surface area contributed by atoms with Crippen LogP contribution in [0, 0.1) is 11.3 Å². The highest BCUT2D eigenvalue weighted by molar-refractivity contribution is 5.91. The number of amides is 2. The number of hydrogen-bond donors (Lipinski definition) is 4. The number of pyridine rings is 1. The van der Waals surface area contributed by atoms with Gasteiger partial charge in [0.1, 0.15) is 12.1 Å². The van der Waals surface area contributed by atoms with E-state index < -0.39 is 53.5 Å². The van der Waals surface area contributed by atoms with Crippen LogP contribution in [0.2, 0.25) is 0 Å². The summed E-state index contributed by atoms with van der Waals surface area (Å²) in [5.41, 5.74) is 3.68. The van der Waals surface area contributed by atoms with Gasteiger partial charge >= 0.3 is 11.9 Å². The predicted molar refractivity (Wildman–Crippen MR) is 153 cm³/mol. The SMILES string of the molecule is CC(C)[C@H](OC(=O)C(C)(C)/C=C/c1ccc2ccc([C@@H](C)O)nc2c1)C(=O)N[C@@H](C)C(=O)N1CCC[C@@H](C(=O)O)N1. The number of carbonyl (C=O) groups is 4. The van der Waals surface area contributed by atoms with E-state index in [1.54, 1.807) is 52.8 Å². The zero-order chi connectivity index (χ0) is 30.5. The molecule has 0 radical (unpaired) electrons. The molecule has 41 heavy (non-hydrogen) atoms. The van der Waals surface area contributed by atoms with Gasteiger partial charge in [0.2, 0.25) is 0 Å². The van der Waals surface area contributed by atoms with Crippen LogP contribution in [0.1, 0.15) is 71.7 Å². The summed E-state index contributed by atoms with van der Waals surface area (Å²) >= 11 is 0. The van der Waals surface area contributed by atoms with Crippen molar-refractivity contribution in [1.82, 2.24) is 20.7 Å². The van der Waals surface area contributed by atoms with Gasteiger partial charge < -0.3 is 20.3 Å². The molecule has 2 amide bonds. The molecule has 11 nitrogen and oxygen atoms in total. The van der Waals surface area contributed by atoms with Gasteiger partial charge in [-0.1, -0.05) is 44.2 Å². The fourth-order valence-corrected chi connectivity index (χ4v) is 4.33. The first-order valence-corrected chi connectivity index (χ1v) is 13.8. The van der Waals surface area contributed by atoms with E-state index in [9.17, 15) is 29.4 Å². The number of hydrogen-bond acceptors (Lipinski definition) is 8. The highest BCUT2D eigenvalue weighted by atomic mass is 16.5. The zero-order valence-electron chi connectivity index (χ0n) is 24.4. The minimum absolute atomic E-state index is 0.320. The molecule has 0 aliphatic carbocycles. The second kappa shape index (κ2) is 13.2. The van der Waals surface area contributed by atoms with Gasteiger partial charge in [-0.05, 0) is 64.2 Å². The molecule has 222 valence electrons. The first-order valence-electron chi connectivity index (χ1n) is 13.8. The Labute approximate surface area is 239 Å². The topological polar surface area (TPSA) is 158 Å². The van der Waals surface area contributed by atoms with Gasteiger partial charge in [-0.3, -0.25) is 29.2 Å². The first kappa shape index (κ1) is 31.7. The quantitative estimate of drug-likeness (QED) is 0.316. The standard InChI is InChI=1S/C30H40N4O7/c1-17(2)25(26(36)31-18(3)27(37)34-15-7-8-23(33-34)28(38)39)41-29(40)30(5,6)14-13-20-9-10-21-11-12-22(19(4)35)32-24(21)16-20/h9-14,16-19,23,25,33,35H,7-8,15H2,1-6H3,(H,31,36)(H,38,39)/b14-13+/t18-,19+,23-,25-/m0/s1. The van der Waals surface area contributed by atoms with Gasteiger partial charge in [0.15, 0.2) is 6.10 Å². The van der Waals surface area contributed by atoms with E-state index in [0.29, 0.717) is 30.6 Å². The maximum Gasteiger partial charge on any atom is 0.322 e. The van der Waals surface area contributed by atoms with Crippen LogP contribution in [0.3, 0.4) is 0 Å². The summed E-state index contributed by atoms with van der Waals surface area (Å²) in [4.78, 5) is 54.9. The van der Waals surface area contributed by atoms with Gasteiger partial charge in [0.25, 0.3) is 11.8 Å². The number of esters is 1. The molecule has 4 atom stereocenters. The normalized spacial score (nSPS) is 18.2. The van der Waals surface area contributed by atoms with Crippen LogP contribution in [-0.4, -0.2) is 68.7 Å². The average Bonchev–Trinajstić information content (AvgIpc) is 2.93. The number of carboxylic acids is 1. The lowest BCUT2D eigenvalue weighted by atomic mass is 9.92. The monoisotopic (exact) mass is 568 g/mol. The minimum atomic E-state index is -1.14.